The maximum atomic E-state index is 11.4. The molecule has 0 radical (unpaired) electrons. The van der Waals surface area contributed by atoms with E-state index in [9.17, 15) is 9.59 Å². The van der Waals surface area contributed by atoms with Crippen molar-refractivity contribution in [3.8, 4) is 0 Å². The van der Waals surface area contributed by atoms with Gasteiger partial charge in [-0.25, -0.2) is 4.79 Å². The first-order chi connectivity index (χ1) is 5.97. The van der Waals surface area contributed by atoms with Crippen LogP contribution in [0.25, 0.3) is 0 Å². The summed E-state index contributed by atoms with van der Waals surface area (Å²) in [5.74, 6) is -0.356. The van der Waals surface area contributed by atoms with Crippen LogP contribution in [0.2, 0.25) is 0 Å². The smallest absolute Gasteiger partial charge is 0.330 e. The molecule has 0 bridgehead atoms. The number of ether oxygens (including phenoxy) is 1. The van der Waals surface area contributed by atoms with Crippen LogP contribution in [0.15, 0.2) is 0 Å². The minimum atomic E-state index is -0.523. The summed E-state index contributed by atoms with van der Waals surface area (Å²) in [7, 11) is 0. The van der Waals surface area contributed by atoms with Crippen LogP contribution < -0.4 is 5.32 Å². The third-order valence-corrected chi connectivity index (χ3v) is 2.90. The number of rotatable bonds is 2. The minimum absolute atomic E-state index is 0.164. The van der Waals surface area contributed by atoms with E-state index < -0.39 is 10.8 Å². The number of thioether (sulfide) groups is 1. The lowest BCUT2D eigenvalue weighted by Gasteiger charge is -2.21. The van der Waals surface area contributed by atoms with Crippen molar-refractivity contribution < 1.29 is 14.3 Å². The van der Waals surface area contributed by atoms with Crippen LogP contribution in [0.1, 0.15) is 20.8 Å². The Hall–Kier alpha value is -0.710. The van der Waals surface area contributed by atoms with E-state index in [0.29, 0.717) is 6.61 Å². The number of amides is 1. The van der Waals surface area contributed by atoms with Gasteiger partial charge in [0.1, 0.15) is 6.04 Å². The number of hydrogen-bond acceptors (Lipinski definition) is 4. The molecule has 1 amide bonds. The van der Waals surface area contributed by atoms with Crippen molar-refractivity contribution >= 4 is 23.0 Å². The summed E-state index contributed by atoms with van der Waals surface area (Å²) in [5, 5.41) is 2.41. The highest BCUT2D eigenvalue weighted by atomic mass is 32.2. The quantitative estimate of drug-likeness (QED) is 0.684. The minimum Gasteiger partial charge on any atom is -0.464 e. The fourth-order valence-corrected chi connectivity index (χ4v) is 2.11. The van der Waals surface area contributed by atoms with Crippen molar-refractivity contribution in [2.24, 2.45) is 0 Å². The van der Waals surface area contributed by atoms with Gasteiger partial charge in [-0.1, -0.05) is 11.8 Å². The highest BCUT2D eigenvalue weighted by molar-refractivity contribution is 8.15. The molecule has 0 aromatic heterocycles. The van der Waals surface area contributed by atoms with Crippen molar-refractivity contribution in [3.63, 3.8) is 0 Å². The van der Waals surface area contributed by atoms with Crippen molar-refractivity contribution in [1.82, 2.24) is 5.32 Å². The highest BCUT2D eigenvalue weighted by Crippen LogP contribution is 2.35. The lowest BCUT2D eigenvalue weighted by molar-refractivity contribution is -0.145. The topological polar surface area (TPSA) is 55.4 Å². The van der Waals surface area contributed by atoms with Crippen molar-refractivity contribution in [1.29, 1.82) is 0 Å². The monoisotopic (exact) mass is 203 g/mol. The fraction of sp³-hybridized carbons (Fsp3) is 0.750. The van der Waals surface area contributed by atoms with Gasteiger partial charge in [-0.15, -0.1) is 0 Å². The van der Waals surface area contributed by atoms with E-state index in [4.69, 9.17) is 4.74 Å². The van der Waals surface area contributed by atoms with Crippen LogP contribution in [-0.4, -0.2) is 28.6 Å². The molecule has 74 valence electrons. The molecule has 1 aliphatic rings. The fourth-order valence-electron chi connectivity index (χ4n) is 1.19. The standard InChI is InChI=1S/C8H13NO3S/c1-4-12-6(10)5-8(2,3)13-7(11)9-5/h5H,4H2,1-3H3,(H,9,11). The maximum Gasteiger partial charge on any atom is 0.330 e. The van der Waals surface area contributed by atoms with Gasteiger partial charge < -0.3 is 10.1 Å². The van der Waals surface area contributed by atoms with Crippen LogP contribution in [0.5, 0.6) is 0 Å². The average molecular weight is 203 g/mol. The zero-order valence-corrected chi connectivity index (χ0v) is 8.73. The Kier molecular flexibility index (Phi) is 2.85. The predicted molar refractivity (Wildman–Crippen MR) is 50.6 cm³/mol. The van der Waals surface area contributed by atoms with E-state index in [2.05, 4.69) is 5.32 Å². The molecule has 0 aromatic carbocycles. The Bertz CT molecular complexity index is 240. The van der Waals surface area contributed by atoms with Crippen LogP contribution in [0.4, 0.5) is 4.79 Å². The molecule has 4 nitrogen and oxygen atoms in total. The summed E-state index contributed by atoms with van der Waals surface area (Å²) >= 11 is 1.13. The van der Waals surface area contributed by atoms with Crippen LogP contribution >= 0.6 is 11.8 Å². The normalized spacial score (nSPS) is 25.5. The van der Waals surface area contributed by atoms with E-state index in [1.807, 2.05) is 13.8 Å². The number of carbonyl (C=O) groups is 2. The van der Waals surface area contributed by atoms with Crippen molar-refractivity contribution in [3.05, 3.63) is 0 Å². The van der Waals surface area contributed by atoms with Crippen molar-refractivity contribution in [2.75, 3.05) is 6.61 Å². The lowest BCUT2D eigenvalue weighted by atomic mass is 10.0. The molecule has 1 N–H and O–H groups in total. The SMILES string of the molecule is CCOC(=O)C1NC(=O)SC1(C)C. The molecule has 1 unspecified atom stereocenters. The van der Waals surface area contributed by atoms with E-state index in [-0.39, 0.29) is 11.2 Å². The van der Waals surface area contributed by atoms with Gasteiger partial charge in [0.15, 0.2) is 0 Å². The van der Waals surface area contributed by atoms with Gasteiger partial charge in [-0.3, -0.25) is 4.79 Å². The molecule has 1 atom stereocenters. The van der Waals surface area contributed by atoms with Gasteiger partial charge in [-0.2, -0.15) is 0 Å². The van der Waals surface area contributed by atoms with Gasteiger partial charge in [-0.05, 0) is 20.8 Å². The number of nitrogens with one attached hydrogen (secondary N) is 1. The molecule has 1 rings (SSSR count). The highest BCUT2D eigenvalue weighted by Gasteiger charge is 2.45. The first kappa shape index (κ1) is 10.4. The molecule has 0 saturated carbocycles. The lowest BCUT2D eigenvalue weighted by Crippen LogP contribution is -2.45. The Morgan fingerprint density at radius 2 is 2.31 bits per heavy atom. The van der Waals surface area contributed by atoms with Crippen LogP contribution in [0, 0.1) is 0 Å². The summed E-state index contributed by atoms with van der Waals surface area (Å²) in [5.41, 5.74) is 0. The van der Waals surface area contributed by atoms with E-state index >= 15 is 0 Å². The average Bonchev–Trinajstić information content (AvgIpc) is 2.24. The first-order valence-corrected chi connectivity index (χ1v) is 4.95. The van der Waals surface area contributed by atoms with Gasteiger partial charge in [0.05, 0.1) is 11.4 Å². The Labute approximate surface area is 81.4 Å². The molecular formula is C8H13NO3S. The van der Waals surface area contributed by atoms with Gasteiger partial charge >= 0.3 is 5.97 Å². The second-order valence-corrected chi connectivity index (χ2v) is 4.95. The molecule has 1 saturated heterocycles. The molecule has 1 heterocycles. The summed E-state index contributed by atoms with van der Waals surface area (Å²) in [6.45, 7) is 5.77. The zero-order chi connectivity index (χ0) is 10.1. The summed E-state index contributed by atoms with van der Waals surface area (Å²) < 4.78 is 4.43. The molecule has 0 aromatic rings. The molecule has 0 spiro atoms. The summed E-state index contributed by atoms with van der Waals surface area (Å²) in [6.07, 6.45) is 0. The third-order valence-electron chi connectivity index (χ3n) is 1.84. The molecular weight excluding hydrogens is 190 g/mol. The van der Waals surface area contributed by atoms with E-state index in [0.717, 1.165) is 11.8 Å². The molecule has 1 aliphatic heterocycles. The van der Waals surface area contributed by atoms with E-state index in [1.165, 1.54) is 0 Å². The summed E-state index contributed by atoms with van der Waals surface area (Å²) in [4.78, 5) is 22.4. The zero-order valence-electron chi connectivity index (χ0n) is 7.92. The number of carbonyl (C=O) groups excluding carboxylic acids is 2. The summed E-state index contributed by atoms with van der Waals surface area (Å²) in [6, 6.07) is -0.523. The number of hydrogen-bond donors (Lipinski definition) is 1. The van der Waals surface area contributed by atoms with Crippen LogP contribution in [0.3, 0.4) is 0 Å². The molecule has 13 heavy (non-hydrogen) atoms. The Morgan fingerprint density at radius 3 is 2.69 bits per heavy atom. The second-order valence-electron chi connectivity index (χ2n) is 3.32. The van der Waals surface area contributed by atoms with Crippen molar-refractivity contribution in [2.45, 2.75) is 31.6 Å². The molecule has 0 aliphatic carbocycles. The molecule has 1 fully saturated rings. The van der Waals surface area contributed by atoms with Gasteiger partial charge in [0, 0.05) is 0 Å². The maximum absolute atomic E-state index is 11.4. The Morgan fingerprint density at radius 1 is 1.69 bits per heavy atom. The third kappa shape index (κ3) is 2.15. The van der Waals surface area contributed by atoms with Crippen LogP contribution in [-0.2, 0) is 9.53 Å². The van der Waals surface area contributed by atoms with E-state index in [1.54, 1.807) is 6.92 Å². The largest absolute Gasteiger partial charge is 0.464 e. The number of esters is 1. The molecule has 5 heteroatoms. The predicted octanol–water partition coefficient (Wildman–Crippen LogP) is 1.15. The second kappa shape index (κ2) is 3.57. The Balaban J connectivity index is 2.69. The first-order valence-electron chi connectivity index (χ1n) is 4.13. The van der Waals surface area contributed by atoms with Gasteiger partial charge in [0.25, 0.3) is 5.24 Å². The van der Waals surface area contributed by atoms with Gasteiger partial charge in [0.2, 0.25) is 0 Å².